The first-order valence-electron chi connectivity index (χ1n) is 3.79. The van der Waals surface area contributed by atoms with Crippen LogP contribution in [0.2, 0.25) is 0 Å². The fourth-order valence-corrected chi connectivity index (χ4v) is 2.14. The van der Waals surface area contributed by atoms with Crippen molar-refractivity contribution in [2.75, 3.05) is 12.9 Å². The first kappa shape index (κ1) is 14.5. The molecule has 1 saturated carbocycles. The summed E-state index contributed by atoms with van der Waals surface area (Å²) >= 11 is -2.39. The molecule has 1 unspecified atom stereocenters. The van der Waals surface area contributed by atoms with Crippen LogP contribution in [0.15, 0.2) is 0 Å². The van der Waals surface area contributed by atoms with Crippen molar-refractivity contribution in [3.63, 3.8) is 0 Å². The summed E-state index contributed by atoms with van der Waals surface area (Å²) in [6.45, 7) is 0. The summed E-state index contributed by atoms with van der Waals surface area (Å²) in [7, 11) is 1.23. The molecule has 0 bridgehead atoms. The zero-order chi connectivity index (χ0) is 10.1. The van der Waals surface area contributed by atoms with Gasteiger partial charge in [-0.2, -0.15) is 0 Å². The van der Waals surface area contributed by atoms with Gasteiger partial charge in [0.25, 0.3) is 0 Å². The van der Waals surface area contributed by atoms with Gasteiger partial charge in [-0.1, -0.05) is 11.1 Å². The molecule has 7 heteroatoms. The molecule has 0 heterocycles. The summed E-state index contributed by atoms with van der Waals surface area (Å²) in [6.07, 6.45) is -0.0959. The van der Waals surface area contributed by atoms with Crippen molar-refractivity contribution in [1.82, 2.24) is 0 Å². The number of hydrogen-bond donors (Lipinski definition) is 0. The van der Waals surface area contributed by atoms with Crippen molar-refractivity contribution >= 4 is 17.0 Å². The third-order valence-electron chi connectivity index (χ3n) is 2.14. The van der Waals surface area contributed by atoms with E-state index in [4.69, 9.17) is 0 Å². The molecule has 0 saturated heterocycles. The molecular formula is C7H10FNaO4S. The number of rotatable bonds is 3. The molecule has 1 atom stereocenters. The Morgan fingerprint density at radius 2 is 2.21 bits per heavy atom. The molecule has 0 aromatic rings. The number of esters is 1. The van der Waals surface area contributed by atoms with Crippen LogP contribution in [0.25, 0.3) is 0 Å². The maximum Gasteiger partial charge on any atom is 1.00 e. The summed E-state index contributed by atoms with van der Waals surface area (Å²) in [6, 6.07) is 0. The van der Waals surface area contributed by atoms with E-state index in [0.29, 0.717) is 0 Å². The molecule has 1 rings (SSSR count). The Balaban J connectivity index is 0.00000169. The molecule has 1 fully saturated rings. The quantitative estimate of drug-likeness (QED) is 0.299. The van der Waals surface area contributed by atoms with Crippen LogP contribution in [-0.4, -0.2) is 33.3 Å². The first-order valence-corrected chi connectivity index (χ1v) is 5.04. The van der Waals surface area contributed by atoms with Crippen LogP contribution in [0.5, 0.6) is 0 Å². The molecule has 0 aliphatic heterocycles. The average molecular weight is 232 g/mol. The molecule has 1 aliphatic carbocycles. The van der Waals surface area contributed by atoms with Crippen molar-refractivity contribution in [2.24, 2.45) is 5.92 Å². The molecule has 1 aliphatic rings. The minimum Gasteiger partial charge on any atom is -0.772 e. The molecular weight excluding hydrogens is 222 g/mol. The van der Waals surface area contributed by atoms with Gasteiger partial charge in [0, 0.05) is 5.75 Å². The fourth-order valence-electron chi connectivity index (χ4n) is 1.49. The fraction of sp³-hybridized carbons (Fsp3) is 0.857. The third kappa shape index (κ3) is 3.58. The Morgan fingerprint density at radius 3 is 2.57 bits per heavy atom. The van der Waals surface area contributed by atoms with Crippen LogP contribution >= 0.6 is 0 Å². The number of hydrogen-bond acceptors (Lipinski definition) is 4. The maximum absolute atomic E-state index is 13.3. The van der Waals surface area contributed by atoms with E-state index < -0.39 is 34.4 Å². The maximum atomic E-state index is 13.3. The number of halogens is 1. The summed E-state index contributed by atoms with van der Waals surface area (Å²) in [4.78, 5) is 10.8. The van der Waals surface area contributed by atoms with Crippen LogP contribution in [0.3, 0.4) is 0 Å². The van der Waals surface area contributed by atoms with Crippen molar-refractivity contribution < 1.29 is 52.2 Å². The van der Waals surface area contributed by atoms with Gasteiger partial charge in [-0.25, -0.2) is 4.39 Å². The van der Waals surface area contributed by atoms with Gasteiger partial charge in [-0.05, 0) is 12.8 Å². The second-order valence-corrected chi connectivity index (χ2v) is 4.12. The summed E-state index contributed by atoms with van der Waals surface area (Å²) in [5, 5.41) is 0. The predicted molar refractivity (Wildman–Crippen MR) is 42.4 cm³/mol. The second kappa shape index (κ2) is 5.55. The standard InChI is InChI=1S/C7H11FO4S.Na/c1-12-6(9)5-2-7(8,3-5)4-13(10)11;/h5H,2-4H2,1H3,(H,10,11);/q;+1/p-1. The molecule has 4 nitrogen and oxygen atoms in total. The topological polar surface area (TPSA) is 66.4 Å². The first-order chi connectivity index (χ1) is 5.97. The van der Waals surface area contributed by atoms with Crippen LogP contribution in [0, 0.1) is 5.92 Å². The van der Waals surface area contributed by atoms with E-state index in [9.17, 15) is 17.9 Å². The second-order valence-electron chi connectivity index (χ2n) is 3.23. The van der Waals surface area contributed by atoms with Gasteiger partial charge in [-0.15, -0.1) is 0 Å². The van der Waals surface area contributed by atoms with E-state index in [1.54, 1.807) is 0 Å². The van der Waals surface area contributed by atoms with Crippen LogP contribution in [0.4, 0.5) is 4.39 Å². The number of carbonyl (C=O) groups excluding carboxylic acids is 1. The molecule has 0 N–H and O–H groups in total. The van der Waals surface area contributed by atoms with E-state index in [1.807, 2.05) is 0 Å². The molecule has 0 aromatic carbocycles. The smallest absolute Gasteiger partial charge is 0.772 e. The number of carbonyl (C=O) groups is 1. The zero-order valence-electron chi connectivity index (χ0n) is 8.12. The Hall–Kier alpha value is 0.510. The van der Waals surface area contributed by atoms with Gasteiger partial charge in [0.05, 0.1) is 13.0 Å². The van der Waals surface area contributed by atoms with Crippen molar-refractivity contribution in [1.29, 1.82) is 0 Å². The van der Waals surface area contributed by atoms with E-state index >= 15 is 0 Å². The number of alkyl halides is 1. The van der Waals surface area contributed by atoms with E-state index in [-0.39, 0.29) is 42.4 Å². The SMILES string of the molecule is COC(=O)C1CC(F)(CS(=O)[O-])C1.[Na+]. The summed E-state index contributed by atoms with van der Waals surface area (Å²) < 4.78 is 38.1. The molecule has 0 spiro atoms. The predicted octanol–water partition coefficient (Wildman–Crippen LogP) is -2.84. The number of methoxy groups -OCH3 is 1. The van der Waals surface area contributed by atoms with Gasteiger partial charge in [0.2, 0.25) is 0 Å². The van der Waals surface area contributed by atoms with Crippen LogP contribution in [-0.2, 0) is 20.6 Å². The van der Waals surface area contributed by atoms with E-state index in [0.717, 1.165) is 0 Å². The van der Waals surface area contributed by atoms with Gasteiger partial charge < -0.3 is 9.29 Å². The molecule has 76 valence electrons. The Morgan fingerprint density at radius 1 is 1.71 bits per heavy atom. The molecule has 14 heavy (non-hydrogen) atoms. The Kier molecular flexibility index (Phi) is 5.76. The number of ether oxygens (including phenoxy) is 1. The average Bonchev–Trinajstić information content (AvgIpc) is 1.97. The normalized spacial score (nSPS) is 32.4. The molecule has 0 aromatic heterocycles. The summed E-state index contributed by atoms with van der Waals surface area (Å²) in [5.74, 6) is -1.47. The van der Waals surface area contributed by atoms with E-state index in [1.165, 1.54) is 7.11 Å². The van der Waals surface area contributed by atoms with Crippen molar-refractivity contribution in [3.8, 4) is 0 Å². The zero-order valence-corrected chi connectivity index (χ0v) is 10.9. The van der Waals surface area contributed by atoms with Crippen LogP contribution in [0.1, 0.15) is 12.8 Å². The van der Waals surface area contributed by atoms with Crippen molar-refractivity contribution in [2.45, 2.75) is 18.5 Å². The minimum absolute atomic E-state index is 0. The van der Waals surface area contributed by atoms with Gasteiger partial charge >= 0.3 is 35.5 Å². The van der Waals surface area contributed by atoms with Gasteiger partial charge in [0.15, 0.2) is 0 Å². The van der Waals surface area contributed by atoms with Gasteiger partial charge in [0.1, 0.15) is 5.67 Å². The minimum atomic E-state index is -2.39. The summed E-state index contributed by atoms with van der Waals surface area (Å²) in [5.41, 5.74) is -1.72. The van der Waals surface area contributed by atoms with Crippen LogP contribution < -0.4 is 29.6 Å². The molecule has 0 radical (unpaired) electrons. The van der Waals surface area contributed by atoms with E-state index in [2.05, 4.69) is 4.74 Å². The third-order valence-corrected chi connectivity index (χ3v) is 2.89. The molecule has 0 amide bonds. The Labute approximate surface area is 106 Å². The Bertz CT molecular complexity index is 242. The van der Waals surface area contributed by atoms with Gasteiger partial charge in [-0.3, -0.25) is 9.00 Å². The monoisotopic (exact) mass is 232 g/mol. The van der Waals surface area contributed by atoms with Crippen molar-refractivity contribution in [3.05, 3.63) is 0 Å². The largest absolute Gasteiger partial charge is 1.00 e.